The number of carbonyl (C=O) groups is 2. The molecule has 0 aliphatic carbocycles. The fourth-order valence-corrected chi connectivity index (χ4v) is 1.02. The van der Waals surface area contributed by atoms with Gasteiger partial charge in [-0.2, -0.15) is 0 Å². The summed E-state index contributed by atoms with van der Waals surface area (Å²) in [5.41, 5.74) is -1.29. The number of hydrogen-bond donors (Lipinski definition) is 0. The number of hydrogen-bond acceptors (Lipinski definition) is 7. The fraction of sp³-hybridized carbons (Fsp3) is 0.111. The van der Waals surface area contributed by atoms with Crippen molar-refractivity contribution in [3.8, 4) is 5.75 Å². The molecule has 1 aromatic carbocycles. The zero-order chi connectivity index (χ0) is 13.9. The van der Waals surface area contributed by atoms with E-state index in [4.69, 9.17) is 0 Å². The lowest BCUT2D eigenvalue weighted by atomic mass is 10.2. The molecule has 0 amide bonds. The minimum absolute atomic E-state index is 0.522. The van der Waals surface area contributed by atoms with Crippen molar-refractivity contribution in [1.29, 1.82) is 0 Å². The highest BCUT2D eigenvalue weighted by atomic mass is 16.6. The Kier molecular flexibility index (Phi) is 3.67. The Morgan fingerprint density at radius 2 is 1.78 bits per heavy atom. The van der Waals surface area contributed by atoms with Gasteiger partial charge in [-0.1, -0.05) is 0 Å². The summed E-state index contributed by atoms with van der Waals surface area (Å²) in [5.74, 6) is -2.75. The van der Waals surface area contributed by atoms with Gasteiger partial charge in [0.1, 0.15) is 0 Å². The summed E-state index contributed by atoms with van der Waals surface area (Å²) in [6, 6.07) is 2.45. The van der Waals surface area contributed by atoms with E-state index in [1.54, 1.807) is 0 Å². The predicted molar refractivity (Wildman–Crippen MR) is 56.1 cm³/mol. The van der Waals surface area contributed by atoms with Crippen LogP contribution in [-0.2, 0) is 9.59 Å². The predicted octanol–water partition coefficient (Wildman–Crippen LogP) is 0.997. The zero-order valence-electron chi connectivity index (χ0n) is 8.98. The summed E-state index contributed by atoms with van der Waals surface area (Å²) >= 11 is 0. The Hall–Kier alpha value is -2.84. The van der Waals surface area contributed by atoms with Crippen LogP contribution in [-0.4, -0.2) is 21.6 Å². The van der Waals surface area contributed by atoms with Crippen molar-refractivity contribution < 1.29 is 24.2 Å². The molecule has 0 saturated heterocycles. The molecular formula is C9H6N2O7. The van der Waals surface area contributed by atoms with E-state index in [1.807, 2.05) is 0 Å². The molecule has 0 bridgehead atoms. The van der Waals surface area contributed by atoms with Crippen LogP contribution in [0, 0.1) is 20.2 Å². The zero-order valence-corrected chi connectivity index (χ0v) is 8.98. The Balaban J connectivity index is 3.20. The number of carbonyl (C=O) groups excluding carboxylic acids is 2. The van der Waals surface area contributed by atoms with E-state index in [0.29, 0.717) is 6.07 Å². The molecule has 0 unspecified atom stereocenters. The molecule has 0 heterocycles. The quantitative estimate of drug-likeness (QED) is 0.257. The number of nitro groups is 2. The van der Waals surface area contributed by atoms with E-state index in [2.05, 4.69) is 4.74 Å². The van der Waals surface area contributed by atoms with Gasteiger partial charge in [0.15, 0.2) is 0 Å². The van der Waals surface area contributed by atoms with E-state index in [1.165, 1.54) is 0 Å². The fourth-order valence-electron chi connectivity index (χ4n) is 1.02. The minimum Gasteiger partial charge on any atom is -0.413 e. The topological polar surface area (TPSA) is 130 Å². The second-order valence-electron chi connectivity index (χ2n) is 3.11. The first-order chi connectivity index (χ1) is 8.32. The smallest absolute Gasteiger partial charge is 0.379 e. The van der Waals surface area contributed by atoms with Crippen LogP contribution in [0.2, 0.25) is 0 Å². The van der Waals surface area contributed by atoms with Crippen molar-refractivity contribution >= 4 is 23.1 Å². The number of ether oxygens (including phenoxy) is 1. The lowest BCUT2D eigenvalue weighted by Crippen LogP contribution is -2.17. The lowest BCUT2D eigenvalue weighted by molar-refractivity contribution is -0.394. The van der Waals surface area contributed by atoms with Gasteiger partial charge in [-0.25, -0.2) is 4.79 Å². The van der Waals surface area contributed by atoms with Gasteiger partial charge in [-0.15, -0.1) is 0 Å². The molecule has 0 N–H and O–H groups in total. The second kappa shape index (κ2) is 4.99. The first kappa shape index (κ1) is 13.2. The molecule has 9 heteroatoms. The minimum atomic E-state index is -1.29. The maximum absolute atomic E-state index is 11.0. The van der Waals surface area contributed by atoms with Crippen LogP contribution in [0.5, 0.6) is 5.75 Å². The summed E-state index contributed by atoms with van der Waals surface area (Å²) in [6.07, 6.45) is 0. The molecule has 0 aliphatic rings. The van der Waals surface area contributed by atoms with E-state index in [9.17, 15) is 29.8 Å². The summed E-state index contributed by atoms with van der Waals surface area (Å²) in [4.78, 5) is 40.9. The van der Waals surface area contributed by atoms with Crippen molar-refractivity contribution in [3.05, 3.63) is 38.4 Å². The van der Waals surface area contributed by atoms with Gasteiger partial charge >= 0.3 is 11.7 Å². The van der Waals surface area contributed by atoms with Crippen molar-refractivity contribution in [3.63, 3.8) is 0 Å². The summed E-state index contributed by atoms with van der Waals surface area (Å²) < 4.78 is 4.45. The van der Waals surface area contributed by atoms with Crippen molar-refractivity contribution in [2.75, 3.05) is 0 Å². The monoisotopic (exact) mass is 254 g/mol. The number of ketones is 1. The SMILES string of the molecule is CC(=O)C(=O)Oc1ccc([N+](=O)[O-])cc1[N+](=O)[O-]. The van der Waals surface area contributed by atoms with Crippen LogP contribution in [0.1, 0.15) is 6.92 Å². The highest BCUT2D eigenvalue weighted by molar-refractivity contribution is 6.33. The van der Waals surface area contributed by atoms with Crippen molar-refractivity contribution in [1.82, 2.24) is 0 Å². The van der Waals surface area contributed by atoms with Gasteiger partial charge in [-0.05, 0) is 6.07 Å². The number of esters is 1. The average molecular weight is 254 g/mol. The van der Waals surface area contributed by atoms with E-state index in [-0.39, 0.29) is 0 Å². The van der Waals surface area contributed by atoms with Crippen LogP contribution >= 0.6 is 0 Å². The van der Waals surface area contributed by atoms with Gasteiger partial charge in [0.2, 0.25) is 11.5 Å². The number of benzene rings is 1. The third-order valence-corrected chi connectivity index (χ3v) is 1.84. The number of nitrogens with zero attached hydrogens (tertiary/aromatic N) is 2. The molecule has 0 aliphatic heterocycles. The molecule has 0 atom stereocenters. The molecule has 0 aromatic heterocycles. The number of non-ortho nitro benzene ring substituents is 1. The van der Waals surface area contributed by atoms with E-state index >= 15 is 0 Å². The summed E-state index contributed by atoms with van der Waals surface area (Å²) in [6.45, 7) is 0.930. The van der Waals surface area contributed by atoms with Gasteiger partial charge in [0.25, 0.3) is 5.69 Å². The van der Waals surface area contributed by atoms with Gasteiger partial charge in [-0.3, -0.25) is 25.0 Å². The Bertz CT molecular complexity index is 552. The molecule has 0 saturated carbocycles. The molecule has 18 heavy (non-hydrogen) atoms. The maximum Gasteiger partial charge on any atom is 0.379 e. The first-order valence-electron chi connectivity index (χ1n) is 4.48. The van der Waals surface area contributed by atoms with Crippen LogP contribution in [0.3, 0.4) is 0 Å². The standard InChI is InChI=1S/C9H6N2O7/c1-5(12)9(13)18-8-3-2-6(10(14)15)4-7(8)11(16)17/h2-4H,1H3. The Labute approximate surface area is 99.3 Å². The molecule has 0 fully saturated rings. The molecule has 94 valence electrons. The van der Waals surface area contributed by atoms with Crippen LogP contribution < -0.4 is 4.74 Å². The molecule has 9 nitrogen and oxygen atoms in total. The highest BCUT2D eigenvalue weighted by Gasteiger charge is 2.23. The van der Waals surface area contributed by atoms with Crippen LogP contribution in [0.4, 0.5) is 11.4 Å². The highest BCUT2D eigenvalue weighted by Crippen LogP contribution is 2.30. The lowest BCUT2D eigenvalue weighted by Gasteiger charge is -2.02. The van der Waals surface area contributed by atoms with Crippen molar-refractivity contribution in [2.45, 2.75) is 6.92 Å². The largest absolute Gasteiger partial charge is 0.413 e. The molecule has 1 aromatic rings. The molecule has 0 radical (unpaired) electrons. The van der Waals surface area contributed by atoms with E-state index < -0.39 is 38.7 Å². The Morgan fingerprint density at radius 1 is 1.17 bits per heavy atom. The average Bonchev–Trinajstić information content (AvgIpc) is 2.28. The van der Waals surface area contributed by atoms with Crippen LogP contribution in [0.15, 0.2) is 18.2 Å². The van der Waals surface area contributed by atoms with Gasteiger partial charge < -0.3 is 4.74 Å². The summed E-state index contributed by atoms with van der Waals surface area (Å²) in [7, 11) is 0. The second-order valence-corrected chi connectivity index (χ2v) is 3.11. The molecule has 1 rings (SSSR count). The van der Waals surface area contributed by atoms with E-state index in [0.717, 1.165) is 19.1 Å². The van der Waals surface area contributed by atoms with Crippen molar-refractivity contribution in [2.24, 2.45) is 0 Å². The maximum atomic E-state index is 11.0. The van der Waals surface area contributed by atoms with Gasteiger partial charge in [0.05, 0.1) is 15.9 Å². The molecular weight excluding hydrogens is 248 g/mol. The number of nitro benzene ring substituents is 2. The Morgan fingerprint density at radius 3 is 2.22 bits per heavy atom. The normalized spacial score (nSPS) is 9.61. The molecule has 0 spiro atoms. The van der Waals surface area contributed by atoms with Gasteiger partial charge in [0, 0.05) is 13.0 Å². The third kappa shape index (κ3) is 2.84. The van der Waals surface area contributed by atoms with Crippen LogP contribution in [0.25, 0.3) is 0 Å². The first-order valence-corrected chi connectivity index (χ1v) is 4.48. The summed E-state index contributed by atoms with van der Waals surface area (Å²) in [5, 5.41) is 21.1. The number of Topliss-reactive ketones (excluding diaryl/α,β-unsaturated/α-hetero) is 1. The third-order valence-electron chi connectivity index (χ3n) is 1.84. The number of rotatable bonds is 4.